The lowest BCUT2D eigenvalue weighted by Crippen LogP contribution is -2.34. The molecule has 0 unspecified atom stereocenters. The van der Waals surface area contributed by atoms with E-state index in [-0.39, 0.29) is 12.3 Å². The van der Waals surface area contributed by atoms with E-state index in [1.54, 1.807) is 11.3 Å². The van der Waals surface area contributed by atoms with Gasteiger partial charge in [-0.3, -0.25) is 0 Å². The summed E-state index contributed by atoms with van der Waals surface area (Å²) in [6.07, 6.45) is 0.726. The zero-order chi connectivity index (χ0) is 18.5. The predicted octanol–water partition coefficient (Wildman–Crippen LogP) is 5.92. The van der Waals surface area contributed by atoms with E-state index in [0.29, 0.717) is 0 Å². The number of para-hydroxylation sites is 1. The molecule has 0 bridgehead atoms. The number of ether oxygens (including phenoxy) is 1. The van der Waals surface area contributed by atoms with Crippen LogP contribution in [0, 0.1) is 20.8 Å². The smallest absolute Gasteiger partial charge is 0.214 e. The Bertz CT molecular complexity index is 1020. The number of rotatable bonds is 2. The van der Waals surface area contributed by atoms with Crippen molar-refractivity contribution in [2.24, 2.45) is 5.10 Å². The van der Waals surface area contributed by atoms with Gasteiger partial charge < -0.3 is 4.74 Å². The van der Waals surface area contributed by atoms with Crippen LogP contribution in [0.2, 0.25) is 0 Å². The SMILES string of the molecule is Cc1cc(C)c([C@@H]2Oc3ccccc3[C@@H]3CC(c4cccs4)=NN32)c(C)c1. The topological polar surface area (TPSA) is 24.8 Å². The first-order chi connectivity index (χ1) is 13.1. The molecule has 0 aliphatic carbocycles. The molecule has 0 amide bonds. The normalized spacial score (nSPS) is 20.7. The third-order valence-corrected chi connectivity index (χ3v) is 6.41. The van der Waals surface area contributed by atoms with Gasteiger partial charge in [0.15, 0.2) is 0 Å². The highest BCUT2D eigenvalue weighted by molar-refractivity contribution is 7.12. The van der Waals surface area contributed by atoms with Crippen molar-refractivity contribution in [1.82, 2.24) is 5.01 Å². The Kier molecular flexibility index (Phi) is 3.83. The minimum atomic E-state index is -0.192. The molecular weight excluding hydrogens is 352 g/mol. The van der Waals surface area contributed by atoms with Crippen molar-refractivity contribution < 1.29 is 4.74 Å². The second-order valence-corrected chi connectivity index (χ2v) is 8.39. The molecule has 5 rings (SSSR count). The minimum Gasteiger partial charge on any atom is -0.464 e. The number of nitrogens with zero attached hydrogens (tertiary/aromatic N) is 2. The number of hydrazone groups is 1. The Morgan fingerprint density at radius 1 is 1.04 bits per heavy atom. The van der Waals surface area contributed by atoms with Crippen LogP contribution >= 0.6 is 11.3 Å². The summed E-state index contributed by atoms with van der Waals surface area (Å²) in [7, 11) is 0. The maximum absolute atomic E-state index is 6.52. The van der Waals surface area contributed by atoms with Crippen LogP contribution in [-0.2, 0) is 0 Å². The third kappa shape index (κ3) is 2.67. The molecule has 0 saturated heterocycles. The monoisotopic (exact) mass is 374 g/mol. The van der Waals surface area contributed by atoms with Gasteiger partial charge in [0.05, 0.1) is 16.6 Å². The Balaban J connectivity index is 1.66. The first kappa shape index (κ1) is 16.6. The van der Waals surface area contributed by atoms with Crippen molar-refractivity contribution in [1.29, 1.82) is 0 Å². The van der Waals surface area contributed by atoms with Crippen LogP contribution in [0.3, 0.4) is 0 Å². The highest BCUT2D eigenvalue weighted by atomic mass is 32.1. The average Bonchev–Trinajstić information content (AvgIpc) is 3.30. The molecule has 2 atom stereocenters. The minimum absolute atomic E-state index is 0.192. The van der Waals surface area contributed by atoms with Crippen LogP contribution < -0.4 is 4.74 Å². The van der Waals surface area contributed by atoms with Gasteiger partial charge in [0.1, 0.15) is 5.75 Å². The summed E-state index contributed by atoms with van der Waals surface area (Å²) in [5, 5.41) is 9.35. The van der Waals surface area contributed by atoms with E-state index in [1.165, 1.54) is 32.7 Å². The van der Waals surface area contributed by atoms with Gasteiger partial charge in [-0.25, -0.2) is 5.01 Å². The van der Waals surface area contributed by atoms with Gasteiger partial charge in [0.25, 0.3) is 0 Å². The summed E-state index contributed by atoms with van der Waals surface area (Å²) >= 11 is 1.75. The molecule has 0 radical (unpaired) electrons. The lowest BCUT2D eigenvalue weighted by Gasteiger charge is -2.39. The second-order valence-electron chi connectivity index (χ2n) is 7.44. The Morgan fingerprint density at radius 2 is 1.81 bits per heavy atom. The molecular formula is C23H22N2OS. The third-order valence-electron chi connectivity index (χ3n) is 5.49. The summed E-state index contributed by atoms with van der Waals surface area (Å²) in [5.74, 6) is 0.978. The lowest BCUT2D eigenvalue weighted by atomic mass is 9.94. The molecule has 2 aliphatic heterocycles. The highest BCUT2D eigenvalue weighted by Gasteiger charge is 2.41. The standard InChI is InChI=1S/C23H22N2OS/c1-14-11-15(2)22(16(3)12-14)23-25-19(17-7-4-5-8-20(17)26-23)13-18(24-25)21-9-6-10-27-21/h4-12,19,23H,13H2,1-3H3/t19-,23-/m0/s1. The largest absolute Gasteiger partial charge is 0.464 e. The molecule has 3 heterocycles. The molecule has 2 aromatic carbocycles. The van der Waals surface area contributed by atoms with E-state index in [9.17, 15) is 0 Å². The van der Waals surface area contributed by atoms with E-state index >= 15 is 0 Å². The molecule has 4 heteroatoms. The van der Waals surface area contributed by atoms with E-state index < -0.39 is 0 Å². The van der Waals surface area contributed by atoms with Crippen LogP contribution in [0.15, 0.2) is 59.0 Å². The van der Waals surface area contributed by atoms with Gasteiger partial charge in [0.2, 0.25) is 6.23 Å². The van der Waals surface area contributed by atoms with Crippen LogP contribution in [0.5, 0.6) is 5.75 Å². The summed E-state index contributed by atoms with van der Waals surface area (Å²) in [6.45, 7) is 6.49. The molecule has 3 aromatic rings. The molecule has 0 spiro atoms. The second kappa shape index (κ2) is 6.24. The first-order valence-electron chi connectivity index (χ1n) is 9.35. The number of hydrogen-bond acceptors (Lipinski definition) is 4. The van der Waals surface area contributed by atoms with Crippen molar-refractivity contribution in [3.63, 3.8) is 0 Å². The fourth-order valence-corrected chi connectivity index (χ4v) is 5.12. The zero-order valence-electron chi connectivity index (χ0n) is 15.8. The molecule has 0 saturated carbocycles. The number of benzene rings is 2. The Hall–Kier alpha value is -2.59. The molecule has 0 fully saturated rings. The van der Waals surface area contributed by atoms with Crippen LogP contribution in [-0.4, -0.2) is 10.7 Å². The van der Waals surface area contributed by atoms with Gasteiger partial charge in [-0.1, -0.05) is 42.0 Å². The van der Waals surface area contributed by atoms with Crippen LogP contribution in [0.4, 0.5) is 0 Å². The van der Waals surface area contributed by atoms with Gasteiger partial charge in [0, 0.05) is 17.5 Å². The fraction of sp³-hybridized carbons (Fsp3) is 0.261. The number of aryl methyl sites for hydroxylation is 3. The van der Waals surface area contributed by atoms with Gasteiger partial charge in [-0.2, -0.15) is 5.10 Å². The number of hydrogen-bond donors (Lipinski definition) is 0. The van der Waals surface area contributed by atoms with E-state index in [2.05, 4.69) is 79.7 Å². The van der Waals surface area contributed by atoms with Gasteiger partial charge in [-0.15, -0.1) is 11.3 Å². The summed E-state index contributed by atoms with van der Waals surface area (Å²) in [4.78, 5) is 1.25. The number of thiophene rings is 1. The quantitative estimate of drug-likeness (QED) is 0.556. The predicted molar refractivity (Wildman–Crippen MR) is 111 cm³/mol. The van der Waals surface area contributed by atoms with Crippen molar-refractivity contribution >= 4 is 17.0 Å². The Labute approximate surface area is 163 Å². The number of fused-ring (bicyclic) bond motifs is 3. The van der Waals surface area contributed by atoms with Crippen molar-refractivity contribution in [2.45, 2.75) is 39.5 Å². The van der Waals surface area contributed by atoms with Gasteiger partial charge in [-0.05, 0) is 49.4 Å². The molecule has 0 N–H and O–H groups in total. The molecule has 136 valence electrons. The summed E-state index contributed by atoms with van der Waals surface area (Å²) < 4.78 is 6.52. The van der Waals surface area contributed by atoms with Crippen molar-refractivity contribution in [2.75, 3.05) is 0 Å². The first-order valence-corrected chi connectivity index (χ1v) is 10.2. The maximum atomic E-state index is 6.52. The van der Waals surface area contributed by atoms with Crippen molar-refractivity contribution in [3.8, 4) is 5.75 Å². The summed E-state index contributed by atoms with van der Waals surface area (Å²) in [5.41, 5.74) is 7.42. The highest BCUT2D eigenvalue weighted by Crippen LogP contribution is 2.48. The fourth-order valence-electron chi connectivity index (χ4n) is 4.40. The Morgan fingerprint density at radius 3 is 2.56 bits per heavy atom. The summed E-state index contributed by atoms with van der Waals surface area (Å²) in [6, 6.07) is 17.3. The average molecular weight is 375 g/mol. The molecule has 1 aromatic heterocycles. The molecule has 27 heavy (non-hydrogen) atoms. The zero-order valence-corrected chi connectivity index (χ0v) is 16.6. The maximum Gasteiger partial charge on any atom is 0.214 e. The molecule has 3 nitrogen and oxygen atoms in total. The van der Waals surface area contributed by atoms with E-state index in [1.807, 2.05) is 0 Å². The molecule has 2 aliphatic rings. The van der Waals surface area contributed by atoms with E-state index in [0.717, 1.165) is 17.9 Å². The van der Waals surface area contributed by atoms with E-state index in [4.69, 9.17) is 9.84 Å². The lowest BCUT2D eigenvalue weighted by molar-refractivity contribution is -0.0198. The van der Waals surface area contributed by atoms with Gasteiger partial charge >= 0.3 is 0 Å². The van der Waals surface area contributed by atoms with Crippen LogP contribution in [0.1, 0.15) is 51.4 Å². The van der Waals surface area contributed by atoms with Crippen LogP contribution in [0.25, 0.3) is 0 Å². The van der Waals surface area contributed by atoms with Crippen molar-refractivity contribution in [3.05, 3.63) is 86.6 Å².